The lowest BCUT2D eigenvalue weighted by molar-refractivity contribution is -0.145. The van der Waals surface area contributed by atoms with E-state index in [1.54, 1.807) is 0 Å². The standard InChI is InChI=1S/C27H22O2/c1-29-26(28)27(21-13-6-3-7-14-21)17-16-23-24(27)18-20-12-8-9-15-22(20)25(23)19-10-4-2-5-11-19/h2-15,18H,16-17H2,1H3. The van der Waals surface area contributed by atoms with Crippen LogP contribution >= 0.6 is 0 Å². The lowest BCUT2D eigenvalue weighted by atomic mass is 9.74. The first kappa shape index (κ1) is 17.7. The maximum Gasteiger partial charge on any atom is 0.320 e. The summed E-state index contributed by atoms with van der Waals surface area (Å²) in [6.45, 7) is 0. The van der Waals surface area contributed by atoms with Gasteiger partial charge in [-0.25, -0.2) is 0 Å². The van der Waals surface area contributed by atoms with Crippen molar-refractivity contribution in [3.8, 4) is 11.1 Å². The molecule has 2 nitrogen and oxygen atoms in total. The van der Waals surface area contributed by atoms with Gasteiger partial charge in [-0.2, -0.15) is 0 Å². The summed E-state index contributed by atoms with van der Waals surface area (Å²) in [6.07, 6.45) is 1.56. The van der Waals surface area contributed by atoms with E-state index in [-0.39, 0.29) is 5.97 Å². The molecule has 0 saturated heterocycles. The number of hydrogen-bond donors (Lipinski definition) is 0. The Hall–Kier alpha value is -3.39. The fourth-order valence-corrected chi connectivity index (χ4v) is 4.94. The molecule has 0 spiro atoms. The van der Waals surface area contributed by atoms with Crippen LogP contribution in [0.3, 0.4) is 0 Å². The summed E-state index contributed by atoms with van der Waals surface area (Å²) >= 11 is 0. The molecule has 142 valence electrons. The molecule has 4 aromatic carbocycles. The Labute approximate surface area is 170 Å². The molecule has 1 aliphatic rings. The van der Waals surface area contributed by atoms with E-state index in [1.807, 2.05) is 36.4 Å². The normalized spacial score (nSPS) is 17.8. The van der Waals surface area contributed by atoms with Crippen LogP contribution in [0, 0.1) is 0 Å². The van der Waals surface area contributed by atoms with Crippen molar-refractivity contribution in [1.82, 2.24) is 0 Å². The smallest absolute Gasteiger partial charge is 0.320 e. The average molecular weight is 378 g/mol. The molecule has 1 aliphatic carbocycles. The maximum absolute atomic E-state index is 13.3. The maximum atomic E-state index is 13.3. The molecule has 1 unspecified atom stereocenters. The predicted octanol–water partition coefficient (Wildman–Crippen LogP) is 5.91. The minimum atomic E-state index is -0.765. The van der Waals surface area contributed by atoms with Crippen molar-refractivity contribution in [3.63, 3.8) is 0 Å². The molecule has 29 heavy (non-hydrogen) atoms. The third-order valence-corrected chi connectivity index (χ3v) is 6.23. The summed E-state index contributed by atoms with van der Waals surface area (Å²) in [5, 5.41) is 2.38. The monoisotopic (exact) mass is 378 g/mol. The van der Waals surface area contributed by atoms with Crippen LogP contribution in [0.1, 0.15) is 23.1 Å². The van der Waals surface area contributed by atoms with Crippen molar-refractivity contribution in [2.75, 3.05) is 7.11 Å². The molecule has 1 atom stereocenters. The Morgan fingerprint density at radius 3 is 2.24 bits per heavy atom. The van der Waals surface area contributed by atoms with Gasteiger partial charge in [-0.05, 0) is 57.5 Å². The van der Waals surface area contributed by atoms with Crippen molar-refractivity contribution in [2.24, 2.45) is 0 Å². The van der Waals surface area contributed by atoms with E-state index in [0.717, 1.165) is 29.4 Å². The quantitative estimate of drug-likeness (QED) is 0.414. The van der Waals surface area contributed by atoms with Crippen LogP contribution in [0.25, 0.3) is 21.9 Å². The van der Waals surface area contributed by atoms with Gasteiger partial charge >= 0.3 is 5.97 Å². The molecule has 5 rings (SSSR count). The van der Waals surface area contributed by atoms with Gasteiger partial charge in [-0.15, -0.1) is 0 Å². The third-order valence-electron chi connectivity index (χ3n) is 6.23. The largest absolute Gasteiger partial charge is 0.468 e. The van der Waals surface area contributed by atoms with Gasteiger partial charge in [0.25, 0.3) is 0 Å². The van der Waals surface area contributed by atoms with Crippen LogP contribution in [0.2, 0.25) is 0 Å². The zero-order valence-electron chi connectivity index (χ0n) is 16.4. The Kier molecular flexibility index (Phi) is 4.21. The molecule has 0 amide bonds. The number of carbonyl (C=O) groups excluding carboxylic acids is 1. The summed E-state index contributed by atoms with van der Waals surface area (Å²) in [4.78, 5) is 13.3. The molecule has 0 N–H and O–H groups in total. The van der Waals surface area contributed by atoms with Gasteiger partial charge in [0.1, 0.15) is 5.41 Å². The molecule has 0 saturated carbocycles. The lowest BCUT2D eigenvalue weighted by Gasteiger charge is -2.29. The summed E-state index contributed by atoms with van der Waals surface area (Å²) < 4.78 is 5.37. The van der Waals surface area contributed by atoms with Gasteiger partial charge in [0, 0.05) is 0 Å². The number of ether oxygens (including phenoxy) is 1. The van der Waals surface area contributed by atoms with Gasteiger partial charge in [-0.3, -0.25) is 4.79 Å². The first-order chi connectivity index (χ1) is 14.3. The minimum absolute atomic E-state index is 0.184. The van der Waals surface area contributed by atoms with Gasteiger partial charge in [-0.1, -0.05) is 84.9 Å². The van der Waals surface area contributed by atoms with Crippen LogP contribution in [-0.4, -0.2) is 13.1 Å². The summed E-state index contributed by atoms with van der Waals surface area (Å²) in [6, 6.07) is 31.2. The Bertz CT molecular complexity index is 1200. The summed E-state index contributed by atoms with van der Waals surface area (Å²) in [5.74, 6) is -0.184. The van der Waals surface area contributed by atoms with Crippen molar-refractivity contribution in [1.29, 1.82) is 0 Å². The van der Waals surface area contributed by atoms with E-state index >= 15 is 0 Å². The molecule has 0 radical (unpaired) electrons. The molecule has 0 heterocycles. The fraction of sp³-hybridized carbons (Fsp3) is 0.148. The first-order valence-electron chi connectivity index (χ1n) is 10.00. The zero-order valence-corrected chi connectivity index (χ0v) is 16.4. The summed E-state index contributed by atoms with van der Waals surface area (Å²) in [7, 11) is 1.49. The molecule has 0 bridgehead atoms. The Morgan fingerprint density at radius 2 is 1.52 bits per heavy atom. The highest BCUT2D eigenvalue weighted by molar-refractivity contribution is 6.02. The molecule has 0 fully saturated rings. The van der Waals surface area contributed by atoms with Gasteiger partial charge < -0.3 is 4.74 Å². The third kappa shape index (κ3) is 2.60. The second-order valence-corrected chi connectivity index (χ2v) is 7.63. The number of rotatable bonds is 3. The first-order valence-corrected chi connectivity index (χ1v) is 10.00. The molecule has 0 aromatic heterocycles. The van der Waals surface area contributed by atoms with E-state index in [0.29, 0.717) is 0 Å². The van der Waals surface area contributed by atoms with E-state index < -0.39 is 5.41 Å². The van der Waals surface area contributed by atoms with Gasteiger partial charge in [0.05, 0.1) is 7.11 Å². The van der Waals surface area contributed by atoms with Crippen LogP contribution in [0.15, 0.2) is 91.0 Å². The van der Waals surface area contributed by atoms with Gasteiger partial charge in [0.15, 0.2) is 0 Å². The highest BCUT2D eigenvalue weighted by atomic mass is 16.5. The number of benzene rings is 4. The fourth-order valence-electron chi connectivity index (χ4n) is 4.94. The summed E-state index contributed by atoms with van der Waals surface area (Å²) in [5.41, 5.74) is 4.99. The van der Waals surface area contributed by atoms with Crippen LogP contribution in [-0.2, 0) is 21.4 Å². The Morgan fingerprint density at radius 1 is 0.862 bits per heavy atom. The Balaban J connectivity index is 1.89. The predicted molar refractivity (Wildman–Crippen MR) is 117 cm³/mol. The van der Waals surface area contributed by atoms with Crippen LogP contribution in [0.4, 0.5) is 0 Å². The van der Waals surface area contributed by atoms with E-state index in [4.69, 9.17) is 4.74 Å². The number of fused-ring (bicyclic) bond motifs is 2. The van der Waals surface area contributed by atoms with Crippen LogP contribution in [0.5, 0.6) is 0 Å². The SMILES string of the molecule is COC(=O)C1(c2ccccc2)CCc2c1cc1ccccc1c2-c1ccccc1. The topological polar surface area (TPSA) is 26.3 Å². The van der Waals surface area contributed by atoms with E-state index in [1.165, 1.54) is 29.2 Å². The minimum Gasteiger partial charge on any atom is -0.468 e. The average Bonchev–Trinajstić information content (AvgIpc) is 3.18. The van der Waals surface area contributed by atoms with Crippen LogP contribution < -0.4 is 0 Å². The molecular weight excluding hydrogens is 356 g/mol. The van der Waals surface area contributed by atoms with Gasteiger partial charge in [0.2, 0.25) is 0 Å². The highest BCUT2D eigenvalue weighted by Crippen LogP contribution is 2.50. The highest BCUT2D eigenvalue weighted by Gasteiger charge is 2.48. The second kappa shape index (κ2) is 6.89. The number of hydrogen-bond acceptors (Lipinski definition) is 2. The molecule has 4 aromatic rings. The van der Waals surface area contributed by atoms with Crippen molar-refractivity contribution < 1.29 is 9.53 Å². The van der Waals surface area contributed by atoms with Crippen molar-refractivity contribution >= 4 is 16.7 Å². The molecule has 2 heteroatoms. The lowest BCUT2D eigenvalue weighted by Crippen LogP contribution is -2.36. The van der Waals surface area contributed by atoms with Crippen molar-refractivity contribution in [2.45, 2.75) is 18.3 Å². The second-order valence-electron chi connectivity index (χ2n) is 7.63. The number of esters is 1. The molecular formula is C27H22O2. The zero-order chi connectivity index (χ0) is 19.8. The molecule has 0 aliphatic heterocycles. The van der Waals surface area contributed by atoms with Crippen molar-refractivity contribution in [3.05, 3.63) is 108 Å². The van der Waals surface area contributed by atoms with E-state index in [2.05, 4.69) is 54.6 Å². The number of methoxy groups -OCH3 is 1. The number of carbonyl (C=O) groups is 1. The van der Waals surface area contributed by atoms with E-state index in [9.17, 15) is 4.79 Å².